The number of pyridine rings is 1. The third-order valence-corrected chi connectivity index (χ3v) is 7.65. The van der Waals surface area contributed by atoms with Crippen LogP contribution in [0.25, 0.3) is 0 Å². The van der Waals surface area contributed by atoms with Gasteiger partial charge >= 0.3 is 12.3 Å². The van der Waals surface area contributed by atoms with Crippen molar-refractivity contribution in [2.45, 2.75) is 96.5 Å². The maximum absolute atomic E-state index is 14.0. The molecule has 2 aliphatic carbocycles. The van der Waals surface area contributed by atoms with Crippen molar-refractivity contribution < 1.29 is 32.2 Å². The fourth-order valence-corrected chi connectivity index (χ4v) is 6.12. The van der Waals surface area contributed by atoms with E-state index < -0.39 is 28.8 Å². The predicted octanol–water partition coefficient (Wildman–Crippen LogP) is 4.48. The number of carbonyl (C=O) groups excluding carboxylic acids is 2. The second-order valence-electron chi connectivity index (χ2n) is 11.2. The Morgan fingerprint density at radius 3 is 2.51 bits per heavy atom. The number of alkyl carbamates (subject to hydrolysis) is 1. The van der Waals surface area contributed by atoms with Gasteiger partial charge in [0.05, 0.1) is 18.4 Å². The molecular formula is C25H34F3N3O4. The van der Waals surface area contributed by atoms with E-state index in [1.807, 2.05) is 0 Å². The van der Waals surface area contributed by atoms with Crippen LogP contribution in [0.4, 0.5) is 18.0 Å². The molecule has 194 valence electrons. The number of halogens is 3. The molecule has 1 aromatic heterocycles. The second kappa shape index (κ2) is 9.17. The first-order valence-electron chi connectivity index (χ1n) is 12.4. The molecule has 3 aliphatic rings. The summed E-state index contributed by atoms with van der Waals surface area (Å²) in [5, 5.41) is 15.2. The summed E-state index contributed by atoms with van der Waals surface area (Å²) in [5.41, 5.74) is -1.77. The first kappa shape index (κ1) is 25.6. The van der Waals surface area contributed by atoms with Crippen molar-refractivity contribution in [1.29, 1.82) is 0 Å². The number of nitrogens with one attached hydrogen (secondary N) is 1. The molecule has 1 N–H and O–H groups in total. The van der Waals surface area contributed by atoms with E-state index in [2.05, 4.69) is 5.32 Å². The van der Waals surface area contributed by atoms with Gasteiger partial charge in [-0.05, 0) is 64.9 Å². The van der Waals surface area contributed by atoms with Crippen molar-refractivity contribution in [1.82, 2.24) is 10.2 Å². The van der Waals surface area contributed by atoms with Crippen molar-refractivity contribution >= 4 is 12.0 Å². The normalized spacial score (nSPS) is 25.4. The van der Waals surface area contributed by atoms with Crippen molar-refractivity contribution in [2.24, 2.45) is 11.3 Å². The van der Waals surface area contributed by atoms with E-state index in [0.29, 0.717) is 30.2 Å². The number of fused-ring (bicyclic) bond motifs is 1. The molecule has 4 rings (SSSR count). The summed E-state index contributed by atoms with van der Waals surface area (Å²) in [6, 6.07) is 0.791. The molecule has 0 aromatic carbocycles. The fourth-order valence-electron chi connectivity index (χ4n) is 6.12. The van der Waals surface area contributed by atoms with Crippen molar-refractivity contribution in [3.63, 3.8) is 0 Å². The summed E-state index contributed by atoms with van der Waals surface area (Å²) in [4.78, 5) is 28.0. The third-order valence-electron chi connectivity index (χ3n) is 7.65. The van der Waals surface area contributed by atoms with E-state index in [4.69, 9.17) is 4.74 Å². The molecule has 2 heterocycles. The van der Waals surface area contributed by atoms with Gasteiger partial charge in [-0.2, -0.15) is 17.9 Å². The zero-order valence-corrected chi connectivity index (χ0v) is 20.5. The molecule has 0 unspecified atom stereocenters. The molecule has 1 aromatic rings. The second-order valence-corrected chi connectivity index (χ2v) is 11.2. The molecule has 1 aliphatic heterocycles. The third kappa shape index (κ3) is 5.35. The van der Waals surface area contributed by atoms with Gasteiger partial charge < -0.3 is 20.2 Å². The van der Waals surface area contributed by atoms with Gasteiger partial charge in [-0.25, -0.2) is 4.79 Å². The van der Waals surface area contributed by atoms with E-state index in [9.17, 15) is 28.0 Å². The Hall–Kier alpha value is -2.52. The number of hydrogen-bond donors (Lipinski definition) is 1. The number of amides is 2. The van der Waals surface area contributed by atoms with Crippen LogP contribution in [0.3, 0.4) is 0 Å². The molecule has 2 saturated carbocycles. The first-order valence-corrected chi connectivity index (χ1v) is 12.4. The van der Waals surface area contributed by atoms with Crippen molar-refractivity contribution in [3.8, 4) is 0 Å². The fraction of sp³-hybridized carbons (Fsp3) is 0.720. The van der Waals surface area contributed by atoms with Gasteiger partial charge in [0.2, 0.25) is 5.91 Å². The molecule has 10 heteroatoms. The predicted molar refractivity (Wildman–Crippen MR) is 121 cm³/mol. The highest BCUT2D eigenvalue weighted by Crippen LogP contribution is 2.52. The van der Waals surface area contributed by atoms with Crippen LogP contribution in [-0.2, 0) is 28.7 Å². The number of aromatic nitrogens is 1. The minimum Gasteiger partial charge on any atom is -0.618 e. The molecule has 7 nitrogen and oxygen atoms in total. The van der Waals surface area contributed by atoms with Crippen molar-refractivity contribution in [2.75, 3.05) is 6.54 Å². The lowest BCUT2D eigenvalue weighted by atomic mass is 9.71. The number of rotatable bonds is 3. The Kier molecular flexibility index (Phi) is 6.70. The highest BCUT2D eigenvalue weighted by Gasteiger charge is 2.53. The van der Waals surface area contributed by atoms with Gasteiger partial charge in [-0.1, -0.05) is 12.8 Å². The van der Waals surface area contributed by atoms with Crippen LogP contribution in [0.5, 0.6) is 0 Å². The molecule has 2 amide bonds. The lowest BCUT2D eigenvalue weighted by Gasteiger charge is -2.40. The van der Waals surface area contributed by atoms with Gasteiger partial charge in [0, 0.05) is 18.2 Å². The highest BCUT2D eigenvalue weighted by atomic mass is 19.4. The van der Waals surface area contributed by atoms with Crippen molar-refractivity contribution in [3.05, 3.63) is 34.3 Å². The monoisotopic (exact) mass is 497 g/mol. The average molecular weight is 498 g/mol. The van der Waals surface area contributed by atoms with Crippen LogP contribution in [0.1, 0.15) is 82.5 Å². The summed E-state index contributed by atoms with van der Waals surface area (Å²) in [7, 11) is 0. The van der Waals surface area contributed by atoms with Crippen LogP contribution in [0.2, 0.25) is 0 Å². The molecule has 35 heavy (non-hydrogen) atoms. The van der Waals surface area contributed by atoms with Crippen LogP contribution < -0.4 is 10.0 Å². The summed E-state index contributed by atoms with van der Waals surface area (Å²) in [5.74, 6) is 0.103. The minimum absolute atomic E-state index is 0.0149. The Labute approximate surface area is 203 Å². The Morgan fingerprint density at radius 1 is 1.20 bits per heavy atom. The van der Waals surface area contributed by atoms with Gasteiger partial charge in [-0.15, -0.1) is 0 Å². The van der Waals surface area contributed by atoms with E-state index in [0.717, 1.165) is 31.7 Å². The topological polar surface area (TPSA) is 85.6 Å². The summed E-state index contributed by atoms with van der Waals surface area (Å²) >= 11 is 0. The SMILES string of the molecule is CC(C)(C)OC(=O)N[C@@H]1CC[C@@](C(=O)N2CCc3c(cc(C(F)(F)F)c[n+]3[O-])C2)(C2CCCC2)C1. The van der Waals surface area contributed by atoms with Gasteiger partial charge in [0.1, 0.15) is 11.2 Å². The van der Waals surface area contributed by atoms with Gasteiger partial charge in [0.15, 0.2) is 11.9 Å². The summed E-state index contributed by atoms with van der Waals surface area (Å²) in [6.45, 7) is 5.64. The number of nitrogens with zero attached hydrogens (tertiary/aromatic N) is 2. The summed E-state index contributed by atoms with van der Waals surface area (Å²) < 4.78 is 45.5. The number of alkyl halides is 3. The van der Waals surface area contributed by atoms with Gasteiger partial charge in [0.25, 0.3) is 0 Å². The van der Waals surface area contributed by atoms with Crippen LogP contribution in [0, 0.1) is 16.5 Å². The first-order chi connectivity index (χ1) is 16.3. The molecule has 2 atom stereocenters. The molecular weight excluding hydrogens is 463 g/mol. The zero-order valence-electron chi connectivity index (χ0n) is 20.5. The smallest absolute Gasteiger partial charge is 0.422 e. The average Bonchev–Trinajstić information content (AvgIpc) is 3.41. The Bertz CT molecular complexity index is 985. The number of carbonyl (C=O) groups is 2. The van der Waals surface area contributed by atoms with E-state index in [1.54, 1.807) is 25.7 Å². The lowest BCUT2D eigenvalue weighted by Crippen LogP contribution is -2.51. The quantitative estimate of drug-likeness (QED) is 0.493. The lowest BCUT2D eigenvalue weighted by molar-refractivity contribution is -0.616. The van der Waals surface area contributed by atoms with Crippen LogP contribution in [-0.4, -0.2) is 35.1 Å². The van der Waals surface area contributed by atoms with E-state index in [1.165, 1.54) is 0 Å². The molecule has 0 spiro atoms. The standard InChI is InChI=1S/C25H34F3N3O4/c1-23(2,3)35-22(33)29-19-8-10-24(13-19,17-6-4-5-7-17)21(32)30-11-9-20-16(14-30)12-18(15-31(20)34)25(26,27)28/h12,15,17,19H,4-11,13-14H2,1-3H3,(H,29,33)/t19-,24+/m1/s1. The van der Waals surface area contributed by atoms with E-state index >= 15 is 0 Å². The molecule has 2 fully saturated rings. The van der Waals surface area contributed by atoms with Crippen LogP contribution >= 0.6 is 0 Å². The number of hydrogen-bond acceptors (Lipinski definition) is 4. The molecule has 0 saturated heterocycles. The Morgan fingerprint density at radius 2 is 1.89 bits per heavy atom. The Balaban J connectivity index is 1.55. The van der Waals surface area contributed by atoms with Gasteiger partial charge in [-0.3, -0.25) is 4.79 Å². The van der Waals surface area contributed by atoms with E-state index in [-0.39, 0.29) is 48.6 Å². The minimum atomic E-state index is -4.63. The summed E-state index contributed by atoms with van der Waals surface area (Å²) in [6.07, 6.45) is 1.31. The number of ether oxygens (including phenoxy) is 1. The maximum atomic E-state index is 14.0. The highest BCUT2D eigenvalue weighted by molar-refractivity contribution is 5.84. The van der Waals surface area contributed by atoms with Crippen LogP contribution in [0.15, 0.2) is 12.3 Å². The molecule has 0 radical (unpaired) electrons. The molecule has 0 bridgehead atoms. The zero-order chi connectivity index (χ0) is 25.6. The largest absolute Gasteiger partial charge is 0.618 e. The maximum Gasteiger partial charge on any atom is 0.422 e.